The molecule has 3 aromatic rings. The van der Waals surface area contributed by atoms with Crippen molar-refractivity contribution >= 4 is 17.5 Å². The van der Waals surface area contributed by atoms with Crippen molar-refractivity contribution in [3.05, 3.63) is 89.9 Å². The Morgan fingerprint density at radius 3 is 2.42 bits per heavy atom. The molecule has 2 N–H and O–H groups in total. The number of anilines is 1. The number of carbonyl (C=O) groups excluding carboxylic acids is 2. The van der Waals surface area contributed by atoms with Gasteiger partial charge in [-0.25, -0.2) is 0 Å². The second kappa shape index (κ2) is 10.1. The molecule has 1 aliphatic heterocycles. The summed E-state index contributed by atoms with van der Waals surface area (Å²) in [5.41, 5.74) is 2.28. The molecule has 0 radical (unpaired) electrons. The average molecular weight is 418 g/mol. The van der Waals surface area contributed by atoms with Crippen molar-refractivity contribution in [2.45, 2.75) is 25.9 Å². The maximum atomic E-state index is 12.9. The molecule has 0 spiro atoms. The van der Waals surface area contributed by atoms with E-state index in [0.717, 1.165) is 32.5 Å². The Bertz CT molecular complexity index is 994. The van der Waals surface area contributed by atoms with Crippen molar-refractivity contribution in [1.82, 2.24) is 10.2 Å². The van der Waals surface area contributed by atoms with Crippen LogP contribution in [0.2, 0.25) is 0 Å². The number of furan rings is 1. The predicted molar refractivity (Wildman–Crippen MR) is 119 cm³/mol. The van der Waals surface area contributed by atoms with Gasteiger partial charge in [0, 0.05) is 12.5 Å². The van der Waals surface area contributed by atoms with Crippen LogP contribution in [0.1, 0.15) is 34.5 Å². The second-order valence-corrected chi connectivity index (χ2v) is 7.83. The van der Waals surface area contributed by atoms with Crippen LogP contribution in [-0.4, -0.2) is 29.8 Å². The summed E-state index contributed by atoms with van der Waals surface area (Å²) >= 11 is 0. The molecule has 31 heavy (non-hydrogen) atoms. The van der Waals surface area contributed by atoms with Gasteiger partial charge >= 0.3 is 0 Å². The molecule has 1 aliphatic rings. The molecule has 2 aromatic carbocycles. The second-order valence-electron chi connectivity index (χ2n) is 7.83. The van der Waals surface area contributed by atoms with Crippen LogP contribution < -0.4 is 10.6 Å². The lowest BCUT2D eigenvalue weighted by atomic mass is 9.95. The van der Waals surface area contributed by atoms with Gasteiger partial charge in [-0.05, 0) is 55.8 Å². The van der Waals surface area contributed by atoms with Gasteiger partial charge in [0.15, 0.2) is 0 Å². The number of piperidine rings is 1. The number of hydrogen-bond donors (Lipinski definition) is 2. The maximum absolute atomic E-state index is 12.9. The van der Waals surface area contributed by atoms with Gasteiger partial charge in [-0.15, -0.1) is 0 Å². The van der Waals surface area contributed by atoms with Gasteiger partial charge in [-0.3, -0.25) is 14.5 Å². The zero-order valence-electron chi connectivity index (χ0n) is 17.4. The smallest absolute Gasteiger partial charge is 0.253 e. The minimum absolute atomic E-state index is 0.0226. The Morgan fingerprint density at radius 2 is 1.68 bits per heavy atom. The van der Waals surface area contributed by atoms with Crippen molar-refractivity contribution in [3.63, 3.8) is 0 Å². The molecule has 160 valence electrons. The topological polar surface area (TPSA) is 74.6 Å². The molecule has 1 aromatic heterocycles. The fourth-order valence-corrected chi connectivity index (χ4v) is 3.90. The van der Waals surface area contributed by atoms with Crippen LogP contribution in [0, 0.1) is 5.92 Å². The van der Waals surface area contributed by atoms with E-state index in [2.05, 4.69) is 39.8 Å². The molecule has 1 fully saturated rings. The number of rotatable bonds is 7. The summed E-state index contributed by atoms with van der Waals surface area (Å²) in [5.74, 6) is 0.360. The third-order valence-corrected chi connectivity index (χ3v) is 5.64. The molecule has 0 saturated carbocycles. The average Bonchev–Trinajstić information content (AvgIpc) is 3.33. The third kappa shape index (κ3) is 5.61. The minimum atomic E-state index is -0.245. The number of amides is 2. The van der Waals surface area contributed by atoms with Crippen molar-refractivity contribution in [2.75, 3.05) is 18.4 Å². The molecule has 0 unspecified atom stereocenters. The molecule has 2 heterocycles. The van der Waals surface area contributed by atoms with E-state index >= 15 is 0 Å². The van der Waals surface area contributed by atoms with E-state index in [9.17, 15) is 9.59 Å². The number of nitrogens with zero attached hydrogens (tertiary/aromatic N) is 1. The summed E-state index contributed by atoms with van der Waals surface area (Å²) in [4.78, 5) is 27.9. The molecule has 6 heteroatoms. The van der Waals surface area contributed by atoms with Gasteiger partial charge in [-0.1, -0.05) is 42.5 Å². The molecular formula is C25H27N3O3. The summed E-state index contributed by atoms with van der Waals surface area (Å²) in [7, 11) is 0. The first-order valence-electron chi connectivity index (χ1n) is 10.7. The normalized spacial score (nSPS) is 14.8. The van der Waals surface area contributed by atoms with Crippen LogP contribution in [0.4, 0.5) is 5.69 Å². The van der Waals surface area contributed by atoms with Crippen LogP contribution in [0.15, 0.2) is 77.4 Å². The Morgan fingerprint density at radius 1 is 0.935 bits per heavy atom. The molecule has 2 amide bonds. The number of benzene rings is 2. The van der Waals surface area contributed by atoms with E-state index in [1.165, 1.54) is 5.56 Å². The lowest BCUT2D eigenvalue weighted by Gasteiger charge is -2.31. The van der Waals surface area contributed by atoms with Crippen LogP contribution in [0.3, 0.4) is 0 Å². The molecule has 0 bridgehead atoms. The van der Waals surface area contributed by atoms with E-state index in [0.29, 0.717) is 23.6 Å². The number of carbonyl (C=O) groups is 2. The fourth-order valence-electron chi connectivity index (χ4n) is 3.90. The number of hydrogen-bond acceptors (Lipinski definition) is 4. The van der Waals surface area contributed by atoms with Gasteiger partial charge in [0.25, 0.3) is 5.91 Å². The van der Waals surface area contributed by atoms with Gasteiger partial charge in [0.05, 0.1) is 24.1 Å². The highest BCUT2D eigenvalue weighted by atomic mass is 16.3. The number of nitrogens with one attached hydrogen (secondary N) is 2. The Kier molecular flexibility index (Phi) is 6.79. The first-order chi connectivity index (χ1) is 15.2. The fraction of sp³-hybridized carbons (Fsp3) is 0.280. The number of para-hydroxylation sites is 1. The summed E-state index contributed by atoms with van der Waals surface area (Å²) in [6, 6.07) is 21.1. The lowest BCUT2D eigenvalue weighted by molar-refractivity contribution is -0.121. The summed E-state index contributed by atoms with van der Waals surface area (Å²) < 4.78 is 5.25. The first kappa shape index (κ1) is 20.9. The Labute approximate surface area is 182 Å². The minimum Gasteiger partial charge on any atom is -0.467 e. The van der Waals surface area contributed by atoms with E-state index in [4.69, 9.17) is 4.42 Å². The largest absolute Gasteiger partial charge is 0.467 e. The molecular weight excluding hydrogens is 390 g/mol. The maximum Gasteiger partial charge on any atom is 0.253 e. The summed E-state index contributed by atoms with van der Waals surface area (Å²) in [5, 5.41) is 5.81. The van der Waals surface area contributed by atoms with Gasteiger partial charge in [0.2, 0.25) is 5.91 Å². The zero-order valence-corrected chi connectivity index (χ0v) is 17.4. The van der Waals surface area contributed by atoms with Crippen molar-refractivity contribution in [2.24, 2.45) is 5.92 Å². The van der Waals surface area contributed by atoms with Gasteiger partial charge in [0.1, 0.15) is 5.76 Å². The lowest BCUT2D eigenvalue weighted by Crippen LogP contribution is -2.38. The van der Waals surface area contributed by atoms with E-state index in [1.54, 1.807) is 36.6 Å². The van der Waals surface area contributed by atoms with Gasteiger partial charge in [-0.2, -0.15) is 0 Å². The van der Waals surface area contributed by atoms with E-state index in [-0.39, 0.29) is 17.7 Å². The van der Waals surface area contributed by atoms with Crippen LogP contribution in [0.5, 0.6) is 0 Å². The molecule has 0 aliphatic carbocycles. The molecule has 4 rings (SSSR count). The van der Waals surface area contributed by atoms with E-state index < -0.39 is 0 Å². The Hall–Kier alpha value is -3.38. The molecule has 6 nitrogen and oxygen atoms in total. The van der Waals surface area contributed by atoms with Crippen molar-refractivity contribution in [1.29, 1.82) is 0 Å². The van der Waals surface area contributed by atoms with Crippen LogP contribution in [-0.2, 0) is 17.9 Å². The van der Waals surface area contributed by atoms with Gasteiger partial charge < -0.3 is 15.1 Å². The van der Waals surface area contributed by atoms with Crippen molar-refractivity contribution < 1.29 is 14.0 Å². The highest BCUT2D eigenvalue weighted by molar-refractivity contribution is 6.04. The highest BCUT2D eigenvalue weighted by Crippen LogP contribution is 2.22. The van der Waals surface area contributed by atoms with E-state index in [1.807, 2.05) is 12.1 Å². The SMILES string of the molecule is O=C(NCc1ccco1)c1ccccc1NC(=O)C1CCN(Cc2ccccc2)CC1. The predicted octanol–water partition coefficient (Wildman–Crippen LogP) is 4.06. The quantitative estimate of drug-likeness (QED) is 0.608. The highest BCUT2D eigenvalue weighted by Gasteiger charge is 2.26. The third-order valence-electron chi connectivity index (χ3n) is 5.64. The standard InChI is InChI=1S/C25H27N3O3/c29-24(20-12-14-28(15-13-20)18-19-7-2-1-3-8-19)27-23-11-5-4-10-22(23)25(30)26-17-21-9-6-16-31-21/h1-11,16,20H,12-15,17-18H2,(H,26,30)(H,27,29). The van der Waals surface area contributed by atoms with Crippen LogP contribution >= 0.6 is 0 Å². The molecule has 0 atom stereocenters. The summed E-state index contributed by atoms with van der Waals surface area (Å²) in [6.07, 6.45) is 3.19. The van der Waals surface area contributed by atoms with Crippen LogP contribution in [0.25, 0.3) is 0 Å². The summed E-state index contributed by atoms with van der Waals surface area (Å²) in [6.45, 7) is 2.98. The Balaban J connectivity index is 1.31. The zero-order chi connectivity index (χ0) is 21.5. The monoisotopic (exact) mass is 417 g/mol. The number of likely N-dealkylation sites (tertiary alicyclic amines) is 1. The van der Waals surface area contributed by atoms with Crippen molar-refractivity contribution in [3.8, 4) is 0 Å². The first-order valence-corrected chi connectivity index (χ1v) is 10.7. The molecule has 1 saturated heterocycles.